The molecule has 0 aliphatic heterocycles. The molecule has 1 heterocycles. The first kappa shape index (κ1) is 28.6. The Kier molecular flexibility index (Phi) is 8.52. The van der Waals surface area contributed by atoms with E-state index in [1.165, 1.54) is 12.3 Å². The molecule has 0 saturated heterocycles. The maximum absolute atomic E-state index is 15.0. The van der Waals surface area contributed by atoms with Crippen molar-refractivity contribution in [3.8, 4) is 16.9 Å². The zero-order chi connectivity index (χ0) is 28.3. The molecule has 210 valence electrons. The van der Waals surface area contributed by atoms with E-state index in [0.717, 1.165) is 17.4 Å². The molecule has 1 N–H and O–H groups in total. The number of rotatable bonds is 10. The molecular weight excluding hydrogens is 574 g/mol. The molecule has 0 unspecified atom stereocenters. The van der Waals surface area contributed by atoms with E-state index in [-0.39, 0.29) is 24.3 Å². The highest BCUT2D eigenvalue weighted by Crippen LogP contribution is 2.45. The van der Waals surface area contributed by atoms with Crippen LogP contribution in [0.25, 0.3) is 11.1 Å². The van der Waals surface area contributed by atoms with Gasteiger partial charge >= 0.3 is 0 Å². The molecule has 0 bridgehead atoms. The Hall–Kier alpha value is -2.91. The molecule has 3 aromatic carbocycles. The van der Waals surface area contributed by atoms with Gasteiger partial charge in [0, 0.05) is 22.2 Å². The van der Waals surface area contributed by atoms with Crippen molar-refractivity contribution in [2.45, 2.75) is 49.6 Å². The molecular formula is C30H29Cl2FN2O4S. The number of sulfonamides is 1. The molecule has 2 atom stereocenters. The predicted molar refractivity (Wildman–Crippen MR) is 155 cm³/mol. The standard InChI is InChI=1S/C30H29Cl2FN2O4S/c1-40(36,37)35-22-12-13-30(16-22,29-34-23(17-31)19-39-29)15-21-10-11-26(32)25(14-21)24-8-5-9-27(33)28(24)38-18-20-6-3-2-4-7-20/h2-11,14,19,22,35H,12-13,15-18H2,1H3/t22-,30+/m0/s1. The van der Waals surface area contributed by atoms with Crippen LogP contribution in [0, 0.1) is 5.82 Å². The van der Waals surface area contributed by atoms with Gasteiger partial charge in [0.25, 0.3) is 0 Å². The van der Waals surface area contributed by atoms with E-state index < -0.39 is 21.3 Å². The van der Waals surface area contributed by atoms with E-state index in [1.54, 1.807) is 18.2 Å². The summed E-state index contributed by atoms with van der Waals surface area (Å²) in [6, 6.07) is 19.7. The monoisotopic (exact) mass is 602 g/mol. The van der Waals surface area contributed by atoms with Gasteiger partial charge in [-0.15, -0.1) is 11.6 Å². The second kappa shape index (κ2) is 11.9. The summed E-state index contributed by atoms with van der Waals surface area (Å²) in [6.07, 6.45) is 5.01. The number of hydrogen-bond acceptors (Lipinski definition) is 5. The van der Waals surface area contributed by atoms with Gasteiger partial charge in [0.2, 0.25) is 15.9 Å². The fourth-order valence-corrected chi connectivity index (χ4v) is 6.60. The highest BCUT2D eigenvalue weighted by atomic mass is 35.5. The highest BCUT2D eigenvalue weighted by molar-refractivity contribution is 7.88. The van der Waals surface area contributed by atoms with Crippen molar-refractivity contribution in [1.82, 2.24) is 9.71 Å². The van der Waals surface area contributed by atoms with Crippen LogP contribution in [-0.2, 0) is 34.3 Å². The summed E-state index contributed by atoms with van der Waals surface area (Å²) in [5.74, 6) is 0.374. The first-order valence-electron chi connectivity index (χ1n) is 12.9. The molecule has 0 amide bonds. The Morgan fingerprint density at radius 2 is 1.90 bits per heavy atom. The van der Waals surface area contributed by atoms with Gasteiger partial charge in [-0.2, -0.15) is 0 Å². The third-order valence-electron chi connectivity index (χ3n) is 7.19. The Balaban J connectivity index is 1.48. The molecule has 0 radical (unpaired) electrons. The first-order valence-corrected chi connectivity index (χ1v) is 15.7. The summed E-state index contributed by atoms with van der Waals surface area (Å²) in [5.41, 5.74) is 3.07. The van der Waals surface area contributed by atoms with Crippen LogP contribution in [0.5, 0.6) is 5.75 Å². The maximum Gasteiger partial charge on any atom is 0.208 e. The van der Waals surface area contributed by atoms with E-state index in [2.05, 4.69) is 9.71 Å². The minimum absolute atomic E-state index is 0.123. The second-order valence-corrected chi connectivity index (χ2v) is 12.7. The molecule has 6 nitrogen and oxygen atoms in total. The molecule has 1 aliphatic carbocycles. The average Bonchev–Trinajstić information content (AvgIpc) is 3.57. The van der Waals surface area contributed by atoms with Gasteiger partial charge in [-0.3, -0.25) is 0 Å². The topological polar surface area (TPSA) is 81.4 Å². The zero-order valence-corrected chi connectivity index (χ0v) is 24.2. The van der Waals surface area contributed by atoms with Gasteiger partial charge in [-0.05, 0) is 55.0 Å². The molecule has 1 aliphatic rings. The number of para-hydroxylation sites is 1. The van der Waals surface area contributed by atoms with Crippen molar-refractivity contribution < 1.29 is 22.0 Å². The fourth-order valence-electron chi connectivity index (χ4n) is 5.45. The van der Waals surface area contributed by atoms with Crippen molar-refractivity contribution in [3.05, 3.63) is 107 Å². The summed E-state index contributed by atoms with van der Waals surface area (Å²) >= 11 is 12.7. The Bertz CT molecular complexity index is 1600. The molecule has 1 saturated carbocycles. The number of nitrogens with one attached hydrogen (secondary N) is 1. The van der Waals surface area contributed by atoms with Gasteiger partial charge in [0.05, 0.1) is 23.2 Å². The van der Waals surface area contributed by atoms with Crippen LogP contribution in [0.2, 0.25) is 5.02 Å². The van der Waals surface area contributed by atoms with Crippen molar-refractivity contribution in [2.75, 3.05) is 6.26 Å². The number of benzene rings is 3. The van der Waals surface area contributed by atoms with E-state index in [4.69, 9.17) is 32.4 Å². The van der Waals surface area contributed by atoms with Crippen LogP contribution in [0.15, 0.2) is 77.4 Å². The second-order valence-electron chi connectivity index (χ2n) is 10.3. The number of aromatic nitrogens is 1. The summed E-state index contributed by atoms with van der Waals surface area (Å²) in [5, 5.41) is 0.455. The highest BCUT2D eigenvalue weighted by Gasteiger charge is 2.45. The van der Waals surface area contributed by atoms with Crippen molar-refractivity contribution in [1.29, 1.82) is 0 Å². The van der Waals surface area contributed by atoms with Gasteiger partial charge < -0.3 is 9.15 Å². The minimum atomic E-state index is -3.38. The summed E-state index contributed by atoms with van der Waals surface area (Å²) < 4.78 is 53.5. The van der Waals surface area contributed by atoms with Gasteiger partial charge in [0.1, 0.15) is 12.9 Å². The van der Waals surface area contributed by atoms with Crippen LogP contribution >= 0.6 is 23.2 Å². The molecule has 1 aromatic heterocycles. The van der Waals surface area contributed by atoms with Crippen LogP contribution in [0.4, 0.5) is 4.39 Å². The third kappa shape index (κ3) is 6.52. The molecule has 0 spiro atoms. The third-order valence-corrected chi connectivity index (χ3v) is 8.55. The SMILES string of the molecule is CS(=O)(=O)N[C@H]1CC[C@](Cc2ccc(Cl)c(-c3cccc(F)c3OCc3ccccc3)c2)(c2nc(CCl)co2)C1. The molecule has 40 heavy (non-hydrogen) atoms. The predicted octanol–water partition coefficient (Wildman–Crippen LogP) is 7.03. The summed E-state index contributed by atoms with van der Waals surface area (Å²) in [6.45, 7) is 0.205. The van der Waals surface area contributed by atoms with Crippen LogP contribution < -0.4 is 9.46 Å². The van der Waals surface area contributed by atoms with Gasteiger partial charge in [-0.1, -0.05) is 60.1 Å². The lowest BCUT2D eigenvalue weighted by Gasteiger charge is -2.27. The van der Waals surface area contributed by atoms with E-state index >= 15 is 4.39 Å². The molecule has 5 rings (SSSR count). The van der Waals surface area contributed by atoms with Gasteiger partial charge in [0.15, 0.2) is 11.6 Å². The fraction of sp³-hybridized carbons (Fsp3) is 0.300. The number of alkyl halides is 1. The number of halogens is 3. The quantitative estimate of drug-likeness (QED) is 0.197. The molecule has 1 fully saturated rings. The van der Waals surface area contributed by atoms with E-state index in [1.807, 2.05) is 42.5 Å². The van der Waals surface area contributed by atoms with E-state index in [9.17, 15) is 8.42 Å². The Morgan fingerprint density at radius 3 is 2.62 bits per heavy atom. The van der Waals surface area contributed by atoms with Crippen LogP contribution in [-0.4, -0.2) is 25.7 Å². The first-order chi connectivity index (χ1) is 19.2. The lowest BCUT2D eigenvalue weighted by atomic mass is 9.79. The zero-order valence-electron chi connectivity index (χ0n) is 21.9. The van der Waals surface area contributed by atoms with Gasteiger partial charge in [-0.25, -0.2) is 22.5 Å². The smallest absolute Gasteiger partial charge is 0.208 e. The maximum atomic E-state index is 15.0. The lowest BCUT2D eigenvalue weighted by Crippen LogP contribution is -2.35. The van der Waals surface area contributed by atoms with E-state index in [0.29, 0.717) is 53.4 Å². The number of nitrogens with zero attached hydrogens (tertiary/aromatic N) is 1. The Labute approximate surface area is 243 Å². The van der Waals surface area contributed by atoms with Crippen LogP contribution in [0.1, 0.15) is 42.0 Å². The lowest BCUT2D eigenvalue weighted by molar-refractivity contribution is 0.291. The van der Waals surface area contributed by atoms with Crippen LogP contribution in [0.3, 0.4) is 0 Å². The van der Waals surface area contributed by atoms with Crippen molar-refractivity contribution in [3.63, 3.8) is 0 Å². The number of ether oxygens (including phenoxy) is 1. The number of oxazole rings is 1. The largest absolute Gasteiger partial charge is 0.485 e. The number of hydrogen-bond donors (Lipinski definition) is 1. The Morgan fingerprint density at radius 1 is 1.10 bits per heavy atom. The minimum Gasteiger partial charge on any atom is -0.485 e. The normalized spacial score (nSPS) is 19.1. The summed E-state index contributed by atoms with van der Waals surface area (Å²) in [4.78, 5) is 4.62. The van der Waals surface area contributed by atoms with Crippen molar-refractivity contribution in [2.24, 2.45) is 0 Å². The average molecular weight is 604 g/mol. The molecule has 4 aromatic rings. The summed E-state index contributed by atoms with van der Waals surface area (Å²) in [7, 11) is -3.38. The molecule has 10 heteroatoms. The van der Waals surface area contributed by atoms with Crippen molar-refractivity contribution >= 4 is 33.2 Å².